The van der Waals surface area contributed by atoms with Gasteiger partial charge >= 0.3 is 0 Å². The van der Waals surface area contributed by atoms with Gasteiger partial charge in [0.15, 0.2) is 0 Å². The molecular weight excluding hydrogens is 370 g/mol. The standard InChI is InChI=1S/C21H21N5O3/c1-25(2)21(29)15-8-10-16(11-9-15)23-18(27)13-26-12-17(20(22)28)19(24-26)14-6-4-3-5-7-14/h3-12H,13H2,1-2H3,(H2,22,28)(H,23,27). The summed E-state index contributed by atoms with van der Waals surface area (Å²) < 4.78 is 1.38. The van der Waals surface area contributed by atoms with Gasteiger partial charge in [-0.05, 0) is 24.3 Å². The van der Waals surface area contributed by atoms with Crippen molar-refractivity contribution >= 4 is 23.4 Å². The van der Waals surface area contributed by atoms with Crippen molar-refractivity contribution in [2.75, 3.05) is 19.4 Å². The summed E-state index contributed by atoms with van der Waals surface area (Å²) in [5.74, 6) is -1.06. The molecule has 0 aliphatic rings. The lowest BCUT2D eigenvalue weighted by molar-refractivity contribution is -0.116. The van der Waals surface area contributed by atoms with E-state index in [2.05, 4.69) is 10.4 Å². The van der Waals surface area contributed by atoms with Gasteiger partial charge in [0.2, 0.25) is 5.91 Å². The summed E-state index contributed by atoms with van der Waals surface area (Å²) >= 11 is 0. The zero-order valence-electron chi connectivity index (χ0n) is 16.1. The van der Waals surface area contributed by atoms with Gasteiger partial charge in [-0.1, -0.05) is 30.3 Å². The lowest BCUT2D eigenvalue weighted by atomic mass is 10.1. The highest BCUT2D eigenvalue weighted by atomic mass is 16.2. The van der Waals surface area contributed by atoms with Crippen molar-refractivity contribution in [3.05, 3.63) is 71.9 Å². The highest BCUT2D eigenvalue weighted by Crippen LogP contribution is 2.21. The minimum Gasteiger partial charge on any atom is -0.365 e. The number of benzene rings is 2. The maximum absolute atomic E-state index is 12.4. The number of anilines is 1. The summed E-state index contributed by atoms with van der Waals surface area (Å²) in [5.41, 5.74) is 7.95. The second-order valence-corrected chi connectivity index (χ2v) is 6.64. The molecule has 0 atom stereocenters. The Kier molecular flexibility index (Phi) is 5.73. The monoisotopic (exact) mass is 391 g/mol. The lowest BCUT2D eigenvalue weighted by Crippen LogP contribution is -2.22. The van der Waals surface area contributed by atoms with E-state index in [1.807, 2.05) is 30.3 Å². The van der Waals surface area contributed by atoms with E-state index in [9.17, 15) is 14.4 Å². The SMILES string of the molecule is CN(C)C(=O)c1ccc(NC(=O)Cn2cc(C(N)=O)c(-c3ccccc3)n2)cc1. The first-order valence-electron chi connectivity index (χ1n) is 8.89. The fraction of sp³-hybridized carbons (Fsp3) is 0.143. The number of carbonyl (C=O) groups excluding carboxylic acids is 3. The van der Waals surface area contributed by atoms with E-state index < -0.39 is 5.91 Å². The predicted molar refractivity (Wildman–Crippen MR) is 109 cm³/mol. The van der Waals surface area contributed by atoms with Crippen LogP contribution in [0.4, 0.5) is 5.69 Å². The Morgan fingerprint density at radius 2 is 1.69 bits per heavy atom. The van der Waals surface area contributed by atoms with E-state index in [-0.39, 0.29) is 23.9 Å². The number of nitrogens with one attached hydrogen (secondary N) is 1. The van der Waals surface area contributed by atoms with Crippen molar-refractivity contribution in [1.82, 2.24) is 14.7 Å². The molecule has 29 heavy (non-hydrogen) atoms. The molecular formula is C21H21N5O3. The molecule has 3 aromatic rings. The molecule has 0 saturated heterocycles. The molecule has 0 unspecified atom stereocenters. The number of nitrogens with zero attached hydrogens (tertiary/aromatic N) is 3. The Labute approximate surface area is 167 Å². The van der Waals surface area contributed by atoms with Crippen molar-refractivity contribution in [3.8, 4) is 11.3 Å². The second-order valence-electron chi connectivity index (χ2n) is 6.64. The van der Waals surface area contributed by atoms with Gasteiger partial charge in [-0.15, -0.1) is 0 Å². The van der Waals surface area contributed by atoms with Gasteiger partial charge in [0, 0.05) is 37.1 Å². The molecule has 3 N–H and O–H groups in total. The quantitative estimate of drug-likeness (QED) is 0.669. The highest BCUT2D eigenvalue weighted by molar-refractivity contribution is 5.99. The third-order valence-electron chi connectivity index (χ3n) is 4.20. The van der Waals surface area contributed by atoms with Crippen LogP contribution < -0.4 is 11.1 Å². The third-order valence-corrected chi connectivity index (χ3v) is 4.20. The fourth-order valence-electron chi connectivity index (χ4n) is 2.79. The number of primary amides is 1. The summed E-state index contributed by atoms with van der Waals surface area (Å²) in [6.45, 7) is -0.0918. The van der Waals surface area contributed by atoms with Crippen molar-refractivity contribution in [1.29, 1.82) is 0 Å². The summed E-state index contributed by atoms with van der Waals surface area (Å²) in [5, 5.41) is 7.09. The maximum Gasteiger partial charge on any atom is 0.253 e. The lowest BCUT2D eigenvalue weighted by Gasteiger charge is -2.11. The molecule has 0 spiro atoms. The molecule has 1 heterocycles. The van der Waals surface area contributed by atoms with Gasteiger partial charge in [-0.3, -0.25) is 19.1 Å². The Bertz CT molecular complexity index is 1040. The summed E-state index contributed by atoms with van der Waals surface area (Å²) in [4.78, 5) is 37.5. The molecule has 8 heteroatoms. The normalized spacial score (nSPS) is 10.4. The molecule has 148 valence electrons. The van der Waals surface area contributed by atoms with Crippen LogP contribution >= 0.6 is 0 Å². The largest absolute Gasteiger partial charge is 0.365 e. The molecule has 2 aromatic carbocycles. The molecule has 3 rings (SSSR count). The number of hydrogen-bond donors (Lipinski definition) is 2. The second kappa shape index (κ2) is 8.39. The average Bonchev–Trinajstić information content (AvgIpc) is 3.12. The van der Waals surface area contributed by atoms with Crippen LogP contribution in [0.2, 0.25) is 0 Å². The van der Waals surface area contributed by atoms with E-state index in [1.165, 1.54) is 15.8 Å². The smallest absolute Gasteiger partial charge is 0.253 e. The van der Waals surface area contributed by atoms with Gasteiger partial charge in [-0.25, -0.2) is 0 Å². The van der Waals surface area contributed by atoms with Crippen LogP contribution in [0.5, 0.6) is 0 Å². The van der Waals surface area contributed by atoms with Crippen LogP contribution in [-0.2, 0) is 11.3 Å². The number of rotatable bonds is 6. The van der Waals surface area contributed by atoms with Crippen LogP contribution in [0.3, 0.4) is 0 Å². The molecule has 0 radical (unpaired) electrons. The number of aromatic nitrogens is 2. The van der Waals surface area contributed by atoms with Crippen LogP contribution in [0.25, 0.3) is 11.3 Å². The summed E-state index contributed by atoms with van der Waals surface area (Å²) in [6.07, 6.45) is 1.46. The molecule has 0 aliphatic carbocycles. The molecule has 3 amide bonds. The van der Waals surface area contributed by atoms with Gasteiger partial charge in [0.1, 0.15) is 12.2 Å². The number of carbonyl (C=O) groups is 3. The Morgan fingerprint density at radius 1 is 1.03 bits per heavy atom. The van der Waals surface area contributed by atoms with Crippen LogP contribution in [0.15, 0.2) is 60.8 Å². The zero-order valence-corrected chi connectivity index (χ0v) is 16.1. The number of hydrogen-bond acceptors (Lipinski definition) is 4. The molecule has 0 aliphatic heterocycles. The molecule has 1 aromatic heterocycles. The topological polar surface area (TPSA) is 110 Å². The minimum absolute atomic E-state index is 0.0918. The van der Waals surface area contributed by atoms with E-state index >= 15 is 0 Å². The first-order valence-corrected chi connectivity index (χ1v) is 8.89. The van der Waals surface area contributed by atoms with Crippen molar-refractivity contribution < 1.29 is 14.4 Å². The number of amides is 3. The van der Waals surface area contributed by atoms with E-state index in [4.69, 9.17) is 5.73 Å². The molecule has 8 nitrogen and oxygen atoms in total. The first-order chi connectivity index (χ1) is 13.8. The van der Waals surface area contributed by atoms with Crippen molar-refractivity contribution in [2.45, 2.75) is 6.54 Å². The van der Waals surface area contributed by atoms with Gasteiger partial charge in [0.05, 0.1) is 5.56 Å². The molecule has 0 bridgehead atoms. The van der Waals surface area contributed by atoms with Crippen LogP contribution in [0.1, 0.15) is 20.7 Å². The van der Waals surface area contributed by atoms with Crippen molar-refractivity contribution in [3.63, 3.8) is 0 Å². The zero-order chi connectivity index (χ0) is 21.0. The first kappa shape index (κ1) is 19.8. The van der Waals surface area contributed by atoms with Crippen LogP contribution in [0, 0.1) is 0 Å². The Hall–Kier alpha value is -3.94. The maximum atomic E-state index is 12.4. The van der Waals surface area contributed by atoms with Gasteiger partial charge in [-0.2, -0.15) is 5.10 Å². The third kappa shape index (κ3) is 4.67. The Morgan fingerprint density at radius 3 is 2.28 bits per heavy atom. The average molecular weight is 391 g/mol. The van der Waals surface area contributed by atoms with E-state index in [0.717, 1.165) is 5.56 Å². The molecule has 0 saturated carbocycles. The summed E-state index contributed by atoms with van der Waals surface area (Å²) in [7, 11) is 3.35. The Balaban J connectivity index is 1.73. The number of nitrogens with two attached hydrogens (primary N) is 1. The van der Waals surface area contributed by atoms with Gasteiger partial charge < -0.3 is 16.0 Å². The minimum atomic E-state index is -0.614. The van der Waals surface area contributed by atoms with Crippen molar-refractivity contribution in [2.24, 2.45) is 5.73 Å². The van der Waals surface area contributed by atoms with Gasteiger partial charge in [0.25, 0.3) is 11.8 Å². The predicted octanol–water partition coefficient (Wildman–Crippen LogP) is 1.99. The highest BCUT2D eigenvalue weighted by Gasteiger charge is 2.17. The molecule has 0 fully saturated rings. The van der Waals surface area contributed by atoms with E-state index in [1.54, 1.807) is 38.4 Å². The van der Waals surface area contributed by atoms with Crippen LogP contribution in [-0.4, -0.2) is 46.5 Å². The van der Waals surface area contributed by atoms with E-state index in [0.29, 0.717) is 16.9 Å². The summed E-state index contributed by atoms with van der Waals surface area (Å²) in [6, 6.07) is 15.7. The fourth-order valence-corrected chi connectivity index (χ4v) is 2.79.